The van der Waals surface area contributed by atoms with Crippen LogP contribution in [0, 0.1) is 5.92 Å². The molecule has 1 atom stereocenters. The Hall–Kier alpha value is -3.44. The fourth-order valence-corrected chi connectivity index (χ4v) is 9.34. The highest BCUT2D eigenvalue weighted by Crippen LogP contribution is 2.50. The molecule has 0 fully saturated rings. The average Bonchev–Trinajstić information content (AvgIpc) is 3.55. The molecule has 0 amide bonds. The number of carboxylic acid groups (broad SMARTS) is 2. The van der Waals surface area contributed by atoms with Crippen LogP contribution in [0.1, 0.15) is 56.4 Å². The smallest absolute Gasteiger partial charge is 0.303 e. The molecule has 6 rings (SSSR count). The molecule has 2 aliphatic carbocycles. The molecule has 48 heavy (non-hydrogen) atoms. The number of aliphatic carboxylic acids is 2. The summed E-state index contributed by atoms with van der Waals surface area (Å²) in [7, 11) is 3.20. The Labute approximate surface area is 297 Å². The van der Waals surface area contributed by atoms with Crippen molar-refractivity contribution >= 4 is 80.2 Å². The molecule has 3 aromatic rings. The van der Waals surface area contributed by atoms with Crippen LogP contribution in [-0.2, 0) is 16.1 Å². The summed E-state index contributed by atoms with van der Waals surface area (Å²) in [5.41, 5.74) is 5.68. The predicted octanol–water partition coefficient (Wildman–Crippen LogP) is 7.80. The van der Waals surface area contributed by atoms with Crippen molar-refractivity contribution in [3.05, 3.63) is 79.3 Å². The van der Waals surface area contributed by atoms with E-state index in [2.05, 4.69) is 33.8 Å². The van der Waals surface area contributed by atoms with Crippen LogP contribution in [0.25, 0.3) is 16.3 Å². The molecule has 0 radical (unpaired) electrons. The molecule has 1 aliphatic heterocycles. The van der Waals surface area contributed by atoms with Gasteiger partial charge in [0.1, 0.15) is 16.2 Å². The van der Waals surface area contributed by atoms with E-state index in [-0.39, 0.29) is 12.8 Å². The Morgan fingerprint density at radius 3 is 2.52 bits per heavy atom. The standard InChI is InChI=1S/C36H36Cl2N2O6S2/c1-45-29-19-31-27(17-25(29)37)39(11-3-5-35(41)42)33(47-31)15-21-7-9-23-10-8-22(14-24(23)13-21)16-34-40(12-4-6-36(43)44)28-18-26(38)30(46-2)20-32(28)48-34/h13-20,23H,3-12H2,1-2H3,(H-,41,42,43,44). The number of carboxylic acids is 2. The van der Waals surface area contributed by atoms with Crippen molar-refractivity contribution in [2.24, 2.45) is 5.92 Å². The minimum absolute atomic E-state index is 0.0139. The van der Waals surface area contributed by atoms with Gasteiger partial charge in [0.15, 0.2) is 6.54 Å². The number of anilines is 1. The van der Waals surface area contributed by atoms with Gasteiger partial charge in [-0.15, -0.1) is 0 Å². The molecule has 1 N–H and O–H groups in total. The minimum Gasteiger partial charge on any atom is -0.550 e. The van der Waals surface area contributed by atoms with E-state index >= 15 is 0 Å². The van der Waals surface area contributed by atoms with E-state index < -0.39 is 11.9 Å². The number of rotatable bonds is 12. The molecule has 0 spiro atoms. The number of ether oxygens (including phenoxy) is 2. The van der Waals surface area contributed by atoms with Gasteiger partial charge in [0.05, 0.1) is 41.4 Å². The Balaban J connectivity index is 1.31. The maximum Gasteiger partial charge on any atom is 0.303 e. The third-order valence-electron chi connectivity index (χ3n) is 8.90. The Kier molecular flexibility index (Phi) is 10.7. The van der Waals surface area contributed by atoms with Gasteiger partial charge in [-0.2, -0.15) is 4.57 Å². The zero-order valence-corrected chi connectivity index (χ0v) is 29.9. The molecule has 12 heteroatoms. The topological polar surface area (TPSA) is 103 Å². The van der Waals surface area contributed by atoms with Crippen LogP contribution in [0.2, 0.25) is 10.0 Å². The van der Waals surface area contributed by atoms with Crippen LogP contribution in [0.4, 0.5) is 5.69 Å². The van der Waals surface area contributed by atoms with Crippen LogP contribution in [0.15, 0.2) is 69.1 Å². The van der Waals surface area contributed by atoms with Gasteiger partial charge in [0.2, 0.25) is 5.52 Å². The summed E-state index contributed by atoms with van der Waals surface area (Å²) in [6.45, 7) is 1.11. The van der Waals surface area contributed by atoms with Crippen LogP contribution >= 0.6 is 46.3 Å². The van der Waals surface area contributed by atoms with Crippen molar-refractivity contribution < 1.29 is 33.8 Å². The van der Waals surface area contributed by atoms with Gasteiger partial charge in [0.25, 0.3) is 5.01 Å². The molecule has 0 saturated heterocycles. The number of methoxy groups -OCH3 is 2. The van der Waals surface area contributed by atoms with Gasteiger partial charge in [-0.25, -0.2) is 0 Å². The summed E-state index contributed by atoms with van der Waals surface area (Å²) in [6.07, 6.45) is 14.2. The van der Waals surface area contributed by atoms with Gasteiger partial charge in [-0.1, -0.05) is 58.5 Å². The third kappa shape index (κ3) is 7.57. The van der Waals surface area contributed by atoms with Crippen molar-refractivity contribution in [1.29, 1.82) is 0 Å². The Bertz CT molecular complexity index is 1900. The van der Waals surface area contributed by atoms with Gasteiger partial charge in [-0.3, -0.25) is 4.79 Å². The number of aromatic nitrogens is 1. The lowest BCUT2D eigenvalue weighted by atomic mass is 9.77. The molecule has 252 valence electrons. The van der Waals surface area contributed by atoms with Gasteiger partial charge in [-0.05, 0) is 79.4 Å². The zero-order chi connectivity index (χ0) is 33.9. The predicted molar refractivity (Wildman–Crippen MR) is 190 cm³/mol. The number of fused-ring (bicyclic) bond motifs is 3. The summed E-state index contributed by atoms with van der Waals surface area (Å²) in [5.74, 6) is -0.152. The number of thiazole rings is 1. The summed E-state index contributed by atoms with van der Waals surface area (Å²) in [5, 5.41) is 23.5. The second kappa shape index (κ2) is 15.0. The summed E-state index contributed by atoms with van der Waals surface area (Å²) in [4.78, 5) is 25.6. The maximum atomic E-state index is 11.3. The van der Waals surface area contributed by atoms with Crippen LogP contribution in [-0.4, -0.2) is 37.8 Å². The van der Waals surface area contributed by atoms with E-state index in [1.807, 2.05) is 24.3 Å². The number of halogens is 2. The molecular weight excluding hydrogens is 691 g/mol. The molecule has 2 heterocycles. The number of thioether (sulfide) groups is 1. The van der Waals surface area contributed by atoms with Gasteiger partial charge in [0, 0.05) is 42.0 Å². The fourth-order valence-electron chi connectivity index (χ4n) is 6.52. The third-order valence-corrected chi connectivity index (χ3v) is 11.7. The van der Waals surface area contributed by atoms with E-state index in [9.17, 15) is 19.8 Å². The molecule has 2 aromatic carbocycles. The fraction of sp³-hybridized carbons (Fsp3) is 0.361. The van der Waals surface area contributed by atoms with Crippen LogP contribution in [0.5, 0.6) is 11.5 Å². The first-order chi connectivity index (χ1) is 23.1. The van der Waals surface area contributed by atoms with Gasteiger partial charge >= 0.3 is 5.97 Å². The minimum atomic E-state index is -1.06. The maximum absolute atomic E-state index is 11.3. The first-order valence-electron chi connectivity index (χ1n) is 15.9. The second-order valence-corrected chi connectivity index (χ2v) is 15.0. The lowest BCUT2D eigenvalue weighted by molar-refractivity contribution is -0.669. The molecule has 3 aliphatic rings. The van der Waals surface area contributed by atoms with E-state index in [4.69, 9.17) is 32.7 Å². The van der Waals surface area contributed by atoms with E-state index in [0.717, 1.165) is 56.5 Å². The normalized spacial score (nSPS) is 18.9. The Morgan fingerprint density at radius 1 is 1.02 bits per heavy atom. The largest absolute Gasteiger partial charge is 0.550 e. The number of aryl methyl sites for hydroxylation is 1. The number of hydrogen-bond donors (Lipinski definition) is 1. The van der Waals surface area contributed by atoms with Crippen molar-refractivity contribution in [2.75, 3.05) is 25.7 Å². The molecular formula is C36H36Cl2N2O6S2. The number of hydrogen-bond acceptors (Lipinski definition) is 8. The molecule has 1 aromatic heterocycles. The lowest BCUT2D eigenvalue weighted by Gasteiger charge is -2.29. The van der Waals surface area contributed by atoms with Crippen molar-refractivity contribution in [3.8, 4) is 11.5 Å². The quantitative estimate of drug-likeness (QED) is 0.189. The van der Waals surface area contributed by atoms with Crippen LogP contribution < -0.4 is 24.0 Å². The first-order valence-corrected chi connectivity index (χ1v) is 18.3. The summed E-state index contributed by atoms with van der Waals surface area (Å²) in [6, 6.07) is 7.68. The summed E-state index contributed by atoms with van der Waals surface area (Å²) < 4.78 is 14.1. The number of carbonyl (C=O) groups is 2. The monoisotopic (exact) mass is 726 g/mol. The highest BCUT2D eigenvalue weighted by Gasteiger charge is 2.29. The average molecular weight is 728 g/mol. The Morgan fingerprint density at radius 2 is 1.77 bits per heavy atom. The zero-order valence-electron chi connectivity index (χ0n) is 26.7. The molecule has 1 unspecified atom stereocenters. The van der Waals surface area contributed by atoms with Crippen LogP contribution in [0.3, 0.4) is 0 Å². The number of carbonyl (C=O) groups excluding carboxylic acids is 1. The van der Waals surface area contributed by atoms with E-state index in [1.54, 1.807) is 37.3 Å². The van der Waals surface area contributed by atoms with E-state index in [1.165, 1.54) is 16.7 Å². The summed E-state index contributed by atoms with van der Waals surface area (Å²) >= 11 is 16.3. The highest BCUT2D eigenvalue weighted by molar-refractivity contribution is 8.03. The first kappa shape index (κ1) is 34.4. The SMILES string of the molecule is COc1cc2c(cc1Cl)N(CCCC(=O)[O-])/C(=C/C1=CC3=C/C(=C/c4sc5cc(OC)c(Cl)cc5[n+]4CCCC(=O)O)CCC3CC1)S2. The molecule has 0 saturated carbocycles. The number of allylic oxidation sites excluding steroid dienone is 6. The van der Waals surface area contributed by atoms with Crippen molar-refractivity contribution in [1.82, 2.24) is 0 Å². The molecule has 8 nitrogen and oxygen atoms in total. The number of benzene rings is 2. The number of nitrogens with zero attached hydrogens (tertiary/aromatic N) is 2. The van der Waals surface area contributed by atoms with Gasteiger partial charge < -0.3 is 29.4 Å². The second-order valence-electron chi connectivity index (χ2n) is 12.1. The van der Waals surface area contributed by atoms with E-state index in [0.29, 0.717) is 53.4 Å². The highest BCUT2D eigenvalue weighted by atomic mass is 35.5. The van der Waals surface area contributed by atoms with Crippen molar-refractivity contribution in [3.63, 3.8) is 0 Å². The lowest BCUT2D eigenvalue weighted by Crippen LogP contribution is -2.35. The molecule has 0 bridgehead atoms. The van der Waals surface area contributed by atoms with Crippen molar-refractivity contribution in [2.45, 2.75) is 62.8 Å².